The lowest BCUT2D eigenvalue weighted by Crippen LogP contribution is -2.16. The molecule has 0 saturated carbocycles. The van der Waals surface area contributed by atoms with Crippen molar-refractivity contribution in [3.8, 4) is 0 Å². The number of aliphatic hydroxyl groups excluding tert-OH is 1. The Hall–Kier alpha value is -1.05. The molecular formula is C6H9N3O3S. The average molecular weight is 203 g/mol. The van der Waals surface area contributed by atoms with Crippen LogP contribution in [0.25, 0.3) is 0 Å². The van der Waals surface area contributed by atoms with E-state index in [0.717, 1.165) is 11.3 Å². The summed E-state index contributed by atoms with van der Waals surface area (Å²) in [6, 6.07) is 0. The first kappa shape index (κ1) is 10.0. The minimum atomic E-state index is -0.289. The molecule has 1 heterocycles. The topological polar surface area (TPSA) is 84.3 Å². The fourth-order valence-corrected chi connectivity index (χ4v) is 1.27. The summed E-state index contributed by atoms with van der Waals surface area (Å²) in [5.41, 5.74) is 0. The molecule has 1 rings (SSSR count). The first-order valence-electron chi connectivity index (χ1n) is 3.48. The predicted octanol–water partition coefficient (Wildman–Crippen LogP) is -0.385. The molecule has 0 radical (unpaired) electrons. The van der Waals surface area contributed by atoms with Gasteiger partial charge in [-0.1, -0.05) is 11.3 Å². The third-order valence-electron chi connectivity index (χ3n) is 1.12. The monoisotopic (exact) mass is 203 g/mol. The van der Waals surface area contributed by atoms with Gasteiger partial charge in [0.15, 0.2) is 0 Å². The standard InChI is InChI=1S/C6H9N3O3S/c1-12-3-4(11)7-6-9-8-5(2-10)13-6/h10H,2-3H2,1H3,(H,7,9,11). The molecule has 2 N–H and O–H groups in total. The van der Waals surface area contributed by atoms with Crippen LogP contribution in [0.4, 0.5) is 5.13 Å². The van der Waals surface area contributed by atoms with Crippen molar-refractivity contribution in [3.63, 3.8) is 0 Å². The fourth-order valence-electron chi connectivity index (χ4n) is 0.654. The maximum Gasteiger partial charge on any atom is 0.252 e. The highest BCUT2D eigenvalue weighted by Gasteiger charge is 2.06. The minimum Gasteiger partial charge on any atom is -0.389 e. The van der Waals surface area contributed by atoms with Gasteiger partial charge in [0.25, 0.3) is 5.91 Å². The normalized spacial score (nSPS) is 10.0. The van der Waals surface area contributed by atoms with Gasteiger partial charge in [-0.15, -0.1) is 10.2 Å². The second-order valence-electron chi connectivity index (χ2n) is 2.14. The Balaban J connectivity index is 2.49. The van der Waals surface area contributed by atoms with Gasteiger partial charge in [-0.2, -0.15) is 0 Å². The molecule has 0 unspecified atom stereocenters. The summed E-state index contributed by atoms with van der Waals surface area (Å²) < 4.78 is 4.60. The van der Waals surface area contributed by atoms with E-state index in [2.05, 4.69) is 20.3 Å². The van der Waals surface area contributed by atoms with Crippen molar-refractivity contribution in [2.75, 3.05) is 19.0 Å². The van der Waals surface area contributed by atoms with Crippen LogP contribution in [0.2, 0.25) is 0 Å². The van der Waals surface area contributed by atoms with Gasteiger partial charge in [-0.05, 0) is 0 Å². The molecule has 1 aromatic heterocycles. The van der Waals surface area contributed by atoms with Crippen LogP contribution < -0.4 is 5.32 Å². The lowest BCUT2D eigenvalue weighted by molar-refractivity contribution is -0.119. The highest BCUT2D eigenvalue weighted by atomic mass is 32.1. The van der Waals surface area contributed by atoms with Crippen LogP contribution in [0, 0.1) is 0 Å². The largest absolute Gasteiger partial charge is 0.389 e. The number of nitrogens with one attached hydrogen (secondary N) is 1. The Bertz CT molecular complexity index is 288. The van der Waals surface area contributed by atoms with Crippen LogP contribution in [-0.2, 0) is 16.1 Å². The summed E-state index contributed by atoms with van der Waals surface area (Å²) in [4.78, 5) is 11.0. The van der Waals surface area contributed by atoms with Crippen LogP contribution in [0.1, 0.15) is 5.01 Å². The van der Waals surface area contributed by atoms with Gasteiger partial charge in [-0.3, -0.25) is 10.1 Å². The Labute approximate surface area is 78.6 Å². The summed E-state index contributed by atoms with van der Waals surface area (Å²) in [5.74, 6) is -0.289. The molecule has 1 aromatic rings. The summed E-state index contributed by atoms with van der Waals surface area (Å²) >= 11 is 1.13. The zero-order valence-electron chi connectivity index (χ0n) is 6.98. The quantitative estimate of drug-likeness (QED) is 0.696. The predicted molar refractivity (Wildman–Crippen MR) is 46.3 cm³/mol. The van der Waals surface area contributed by atoms with Gasteiger partial charge in [-0.25, -0.2) is 0 Å². The number of aliphatic hydroxyl groups is 1. The lowest BCUT2D eigenvalue weighted by atomic mass is 10.6. The van der Waals surface area contributed by atoms with Crippen LogP contribution in [0.5, 0.6) is 0 Å². The molecular weight excluding hydrogens is 194 g/mol. The first-order chi connectivity index (χ1) is 6.26. The van der Waals surface area contributed by atoms with Gasteiger partial charge >= 0.3 is 0 Å². The van der Waals surface area contributed by atoms with Crippen LogP contribution in [0.15, 0.2) is 0 Å². The number of methoxy groups -OCH3 is 1. The highest BCUT2D eigenvalue weighted by molar-refractivity contribution is 7.15. The molecule has 0 fully saturated rings. The van der Waals surface area contributed by atoms with E-state index < -0.39 is 0 Å². The Kier molecular flexibility index (Phi) is 3.74. The molecule has 0 aliphatic heterocycles. The molecule has 72 valence electrons. The highest BCUT2D eigenvalue weighted by Crippen LogP contribution is 2.14. The molecule has 0 atom stereocenters. The van der Waals surface area contributed by atoms with Crippen molar-refractivity contribution in [1.82, 2.24) is 10.2 Å². The second-order valence-corrected chi connectivity index (χ2v) is 3.20. The summed E-state index contributed by atoms with van der Waals surface area (Å²) in [6.07, 6.45) is 0. The summed E-state index contributed by atoms with van der Waals surface area (Å²) in [7, 11) is 1.43. The van der Waals surface area contributed by atoms with Crippen LogP contribution >= 0.6 is 11.3 Å². The SMILES string of the molecule is COCC(=O)Nc1nnc(CO)s1. The van der Waals surface area contributed by atoms with Gasteiger partial charge < -0.3 is 9.84 Å². The van der Waals surface area contributed by atoms with Crippen molar-refractivity contribution in [2.24, 2.45) is 0 Å². The van der Waals surface area contributed by atoms with Crippen molar-refractivity contribution < 1.29 is 14.6 Å². The Morgan fingerprint density at radius 3 is 3.00 bits per heavy atom. The third kappa shape index (κ3) is 3.05. The molecule has 0 aliphatic rings. The number of carbonyl (C=O) groups is 1. The maximum absolute atomic E-state index is 11.0. The van der Waals surface area contributed by atoms with Crippen molar-refractivity contribution in [2.45, 2.75) is 6.61 Å². The molecule has 7 heteroatoms. The van der Waals surface area contributed by atoms with E-state index in [1.807, 2.05) is 0 Å². The van der Waals surface area contributed by atoms with E-state index in [0.29, 0.717) is 10.1 Å². The van der Waals surface area contributed by atoms with Crippen molar-refractivity contribution in [3.05, 3.63) is 5.01 Å². The molecule has 6 nitrogen and oxygen atoms in total. The van der Waals surface area contributed by atoms with E-state index in [1.54, 1.807) is 0 Å². The van der Waals surface area contributed by atoms with Gasteiger partial charge in [0.1, 0.15) is 11.6 Å². The van der Waals surface area contributed by atoms with Gasteiger partial charge in [0.05, 0.1) is 6.61 Å². The lowest BCUT2D eigenvalue weighted by Gasteiger charge is -1.97. The molecule has 13 heavy (non-hydrogen) atoms. The number of amides is 1. The van der Waals surface area contributed by atoms with E-state index >= 15 is 0 Å². The van der Waals surface area contributed by atoms with Crippen molar-refractivity contribution in [1.29, 1.82) is 0 Å². The number of rotatable bonds is 4. The van der Waals surface area contributed by atoms with Crippen LogP contribution in [-0.4, -0.2) is 34.9 Å². The third-order valence-corrected chi connectivity index (χ3v) is 1.95. The number of hydrogen-bond donors (Lipinski definition) is 2. The average Bonchev–Trinajstić information content (AvgIpc) is 2.52. The number of anilines is 1. The molecule has 0 saturated heterocycles. The number of carbonyl (C=O) groups excluding carboxylic acids is 1. The van der Waals surface area contributed by atoms with E-state index in [9.17, 15) is 4.79 Å². The molecule has 1 amide bonds. The Morgan fingerprint density at radius 1 is 1.69 bits per heavy atom. The smallest absolute Gasteiger partial charge is 0.252 e. The van der Waals surface area contributed by atoms with E-state index in [1.165, 1.54) is 7.11 Å². The molecule has 0 aromatic carbocycles. The number of aromatic nitrogens is 2. The van der Waals surface area contributed by atoms with Crippen molar-refractivity contribution >= 4 is 22.4 Å². The maximum atomic E-state index is 11.0. The summed E-state index contributed by atoms with van der Waals surface area (Å²) in [5, 5.41) is 19.2. The number of nitrogens with zero attached hydrogens (tertiary/aromatic N) is 2. The first-order valence-corrected chi connectivity index (χ1v) is 4.30. The number of ether oxygens (including phenoxy) is 1. The molecule has 0 bridgehead atoms. The van der Waals surface area contributed by atoms with Gasteiger partial charge in [0, 0.05) is 7.11 Å². The van der Waals surface area contributed by atoms with Crippen LogP contribution in [0.3, 0.4) is 0 Å². The minimum absolute atomic E-state index is 0.0198. The van der Waals surface area contributed by atoms with E-state index in [-0.39, 0.29) is 19.1 Å². The zero-order valence-corrected chi connectivity index (χ0v) is 7.80. The number of hydrogen-bond acceptors (Lipinski definition) is 6. The zero-order chi connectivity index (χ0) is 9.68. The fraction of sp³-hybridized carbons (Fsp3) is 0.500. The molecule has 0 spiro atoms. The second kappa shape index (κ2) is 4.85. The van der Waals surface area contributed by atoms with Gasteiger partial charge in [0.2, 0.25) is 5.13 Å². The molecule has 0 aliphatic carbocycles. The Morgan fingerprint density at radius 2 is 2.46 bits per heavy atom. The van der Waals surface area contributed by atoms with E-state index in [4.69, 9.17) is 5.11 Å². The summed E-state index contributed by atoms with van der Waals surface area (Å²) in [6.45, 7) is -0.189.